The largest absolute Gasteiger partial charge is 0.380 e. The second kappa shape index (κ2) is 6.18. The Morgan fingerprint density at radius 2 is 2.25 bits per heavy atom. The van der Waals surface area contributed by atoms with Crippen LogP contribution in [-0.2, 0) is 11.8 Å². The number of rotatable bonds is 5. The smallest absolute Gasteiger partial charge is 0.226 e. The summed E-state index contributed by atoms with van der Waals surface area (Å²) in [5.41, 5.74) is 1.32. The van der Waals surface area contributed by atoms with Gasteiger partial charge in [0, 0.05) is 31.4 Å². The van der Waals surface area contributed by atoms with Gasteiger partial charge in [0.2, 0.25) is 5.91 Å². The number of halogens is 1. The molecule has 1 aromatic carbocycles. The summed E-state index contributed by atoms with van der Waals surface area (Å²) in [4.78, 5) is 11.8. The zero-order valence-corrected chi connectivity index (χ0v) is 11.4. The second-order valence-electron chi connectivity index (χ2n) is 4.71. The third-order valence-electron chi connectivity index (χ3n) is 2.72. The molecular formula is C14H17FN4O. The number of hydrogen-bond donors (Lipinski definition) is 2. The molecule has 6 heteroatoms. The Hall–Kier alpha value is -2.37. The Labute approximate surface area is 116 Å². The topological polar surface area (TPSA) is 59.0 Å². The van der Waals surface area contributed by atoms with Crippen molar-refractivity contribution in [3.05, 3.63) is 42.5 Å². The predicted octanol–water partition coefficient (Wildman–Crippen LogP) is 2.39. The summed E-state index contributed by atoms with van der Waals surface area (Å²) in [5.74, 6) is -0.538. The number of anilines is 2. The maximum Gasteiger partial charge on any atom is 0.226 e. The summed E-state index contributed by atoms with van der Waals surface area (Å²) < 4.78 is 14.7. The lowest BCUT2D eigenvalue weighted by molar-refractivity contribution is -0.116. The van der Waals surface area contributed by atoms with Crippen molar-refractivity contribution in [2.75, 3.05) is 10.6 Å². The molecule has 0 saturated carbocycles. The highest BCUT2D eigenvalue weighted by atomic mass is 19.1. The molecule has 2 N–H and O–H groups in total. The number of aryl methyl sites for hydroxylation is 1. The molecule has 0 aliphatic carbocycles. The number of nitrogens with zero attached hydrogens (tertiary/aromatic N) is 2. The molecular weight excluding hydrogens is 259 g/mol. The molecule has 5 nitrogen and oxygen atoms in total. The normalized spacial score (nSPS) is 11.9. The van der Waals surface area contributed by atoms with E-state index in [1.54, 1.807) is 23.0 Å². The molecule has 0 bridgehead atoms. The number of aromatic nitrogens is 2. The Morgan fingerprint density at radius 1 is 1.45 bits per heavy atom. The lowest BCUT2D eigenvalue weighted by Crippen LogP contribution is -2.23. The zero-order valence-electron chi connectivity index (χ0n) is 11.4. The summed E-state index contributed by atoms with van der Waals surface area (Å²) in [6.07, 6.45) is 3.81. The first kappa shape index (κ1) is 14.0. The van der Waals surface area contributed by atoms with Gasteiger partial charge in [0.15, 0.2) is 0 Å². The fourth-order valence-electron chi connectivity index (χ4n) is 1.89. The Balaban J connectivity index is 1.84. The van der Waals surface area contributed by atoms with Crippen molar-refractivity contribution < 1.29 is 9.18 Å². The minimum Gasteiger partial charge on any atom is -0.380 e. The van der Waals surface area contributed by atoms with E-state index < -0.39 is 0 Å². The van der Waals surface area contributed by atoms with Crippen LogP contribution in [0.15, 0.2) is 36.7 Å². The summed E-state index contributed by atoms with van der Waals surface area (Å²) in [6.45, 7) is 1.90. The lowest BCUT2D eigenvalue weighted by Gasteiger charge is -2.13. The third-order valence-corrected chi connectivity index (χ3v) is 2.72. The molecule has 2 rings (SSSR count). The highest BCUT2D eigenvalue weighted by molar-refractivity contribution is 5.91. The number of carbonyl (C=O) groups is 1. The van der Waals surface area contributed by atoms with Crippen molar-refractivity contribution >= 4 is 17.3 Å². The third kappa shape index (κ3) is 4.08. The standard InChI is InChI=1S/C14H17FN4O/c1-10(17-13-8-16-19(2)9-13)6-14(20)18-12-5-3-4-11(15)7-12/h3-5,7-10,17H,6H2,1-2H3,(H,18,20). The minimum absolute atomic E-state index is 0.0484. The molecule has 1 unspecified atom stereocenters. The number of carbonyl (C=O) groups excluding carboxylic acids is 1. The van der Waals surface area contributed by atoms with E-state index in [-0.39, 0.29) is 24.2 Å². The first-order chi connectivity index (χ1) is 9.52. The van der Waals surface area contributed by atoms with E-state index in [0.717, 1.165) is 5.69 Å². The Kier molecular flexibility index (Phi) is 4.34. The Morgan fingerprint density at radius 3 is 2.90 bits per heavy atom. The molecule has 1 amide bonds. The maximum atomic E-state index is 13.0. The number of hydrogen-bond acceptors (Lipinski definition) is 3. The van der Waals surface area contributed by atoms with E-state index in [4.69, 9.17) is 0 Å². The van der Waals surface area contributed by atoms with Gasteiger partial charge in [0.25, 0.3) is 0 Å². The molecule has 20 heavy (non-hydrogen) atoms. The van der Waals surface area contributed by atoms with Gasteiger partial charge >= 0.3 is 0 Å². The summed E-state index contributed by atoms with van der Waals surface area (Å²) in [5, 5.41) is 9.88. The summed E-state index contributed by atoms with van der Waals surface area (Å²) in [6, 6.07) is 5.79. The first-order valence-corrected chi connectivity index (χ1v) is 6.33. The van der Waals surface area contributed by atoms with Crippen molar-refractivity contribution in [1.29, 1.82) is 0 Å². The van der Waals surface area contributed by atoms with Crippen molar-refractivity contribution in [2.45, 2.75) is 19.4 Å². The zero-order chi connectivity index (χ0) is 14.5. The average Bonchev–Trinajstić information content (AvgIpc) is 2.74. The van der Waals surface area contributed by atoms with Gasteiger partial charge in [0.05, 0.1) is 11.9 Å². The molecule has 0 spiro atoms. The number of benzene rings is 1. The van der Waals surface area contributed by atoms with Crippen LogP contribution in [0, 0.1) is 5.82 Å². The molecule has 1 heterocycles. The molecule has 0 fully saturated rings. The van der Waals surface area contributed by atoms with Crippen LogP contribution in [0.5, 0.6) is 0 Å². The van der Waals surface area contributed by atoms with Crippen molar-refractivity contribution in [1.82, 2.24) is 9.78 Å². The van der Waals surface area contributed by atoms with E-state index in [0.29, 0.717) is 5.69 Å². The van der Waals surface area contributed by atoms with Crippen LogP contribution in [-0.4, -0.2) is 21.7 Å². The van der Waals surface area contributed by atoms with Crippen LogP contribution in [0.25, 0.3) is 0 Å². The van der Waals surface area contributed by atoms with Crippen molar-refractivity contribution in [3.63, 3.8) is 0 Å². The molecule has 0 saturated heterocycles. The van der Waals surface area contributed by atoms with Crippen LogP contribution in [0.4, 0.5) is 15.8 Å². The average molecular weight is 276 g/mol. The maximum absolute atomic E-state index is 13.0. The number of nitrogens with one attached hydrogen (secondary N) is 2. The van der Waals surface area contributed by atoms with Crippen LogP contribution in [0.1, 0.15) is 13.3 Å². The highest BCUT2D eigenvalue weighted by Crippen LogP contribution is 2.11. The predicted molar refractivity (Wildman–Crippen MR) is 75.9 cm³/mol. The number of amides is 1. The van der Waals surface area contributed by atoms with Gasteiger partial charge in [-0.15, -0.1) is 0 Å². The van der Waals surface area contributed by atoms with Crippen molar-refractivity contribution in [2.24, 2.45) is 7.05 Å². The second-order valence-corrected chi connectivity index (χ2v) is 4.71. The molecule has 1 atom stereocenters. The molecule has 0 radical (unpaired) electrons. The van der Waals surface area contributed by atoms with E-state index in [2.05, 4.69) is 15.7 Å². The van der Waals surface area contributed by atoms with E-state index in [1.165, 1.54) is 12.1 Å². The SMILES string of the molecule is CC(CC(=O)Nc1cccc(F)c1)Nc1cnn(C)c1. The minimum atomic E-state index is -0.371. The van der Waals surface area contributed by atoms with Crippen molar-refractivity contribution in [3.8, 4) is 0 Å². The van der Waals surface area contributed by atoms with Gasteiger partial charge in [-0.3, -0.25) is 9.48 Å². The molecule has 1 aromatic heterocycles. The monoisotopic (exact) mass is 276 g/mol. The van der Waals surface area contributed by atoms with Crippen LogP contribution in [0.3, 0.4) is 0 Å². The fourth-order valence-corrected chi connectivity index (χ4v) is 1.89. The quantitative estimate of drug-likeness (QED) is 0.881. The van der Waals surface area contributed by atoms with E-state index in [1.807, 2.05) is 20.2 Å². The molecule has 0 aliphatic heterocycles. The van der Waals surface area contributed by atoms with Gasteiger partial charge in [0.1, 0.15) is 5.82 Å². The van der Waals surface area contributed by atoms with Crippen LogP contribution < -0.4 is 10.6 Å². The van der Waals surface area contributed by atoms with Gasteiger partial charge in [-0.25, -0.2) is 4.39 Å². The van der Waals surface area contributed by atoms with Gasteiger partial charge < -0.3 is 10.6 Å². The Bertz CT molecular complexity index is 596. The van der Waals surface area contributed by atoms with E-state index >= 15 is 0 Å². The molecule has 0 aliphatic rings. The molecule has 106 valence electrons. The first-order valence-electron chi connectivity index (χ1n) is 6.33. The summed E-state index contributed by atoms with van der Waals surface area (Å²) in [7, 11) is 1.83. The van der Waals surface area contributed by atoms with Crippen LogP contribution in [0.2, 0.25) is 0 Å². The highest BCUT2D eigenvalue weighted by Gasteiger charge is 2.10. The summed E-state index contributed by atoms with van der Waals surface area (Å²) >= 11 is 0. The van der Waals surface area contributed by atoms with Gasteiger partial charge in [-0.1, -0.05) is 6.07 Å². The van der Waals surface area contributed by atoms with Gasteiger partial charge in [-0.05, 0) is 25.1 Å². The van der Waals surface area contributed by atoms with E-state index in [9.17, 15) is 9.18 Å². The molecule has 2 aromatic rings. The lowest BCUT2D eigenvalue weighted by atomic mass is 10.2. The van der Waals surface area contributed by atoms with Crippen LogP contribution >= 0.6 is 0 Å². The van der Waals surface area contributed by atoms with Gasteiger partial charge in [-0.2, -0.15) is 5.10 Å². The fraction of sp³-hybridized carbons (Fsp3) is 0.286.